The Bertz CT molecular complexity index is 630. The van der Waals surface area contributed by atoms with E-state index in [-0.39, 0.29) is 11.3 Å². The number of ether oxygens (including phenoxy) is 1. The first-order valence-electron chi connectivity index (χ1n) is 7.70. The smallest absolute Gasteiger partial charge is 0.231 e. The number of para-hydroxylation sites is 1. The van der Waals surface area contributed by atoms with Crippen LogP contribution in [0.3, 0.4) is 0 Å². The highest BCUT2D eigenvalue weighted by atomic mass is 32.1. The van der Waals surface area contributed by atoms with Gasteiger partial charge in [-0.15, -0.1) is 11.3 Å². The van der Waals surface area contributed by atoms with E-state index in [0.717, 1.165) is 37.0 Å². The Labute approximate surface area is 135 Å². The standard InChI is InChI=1S/C18H21NO2S/c1-21-15-8-3-2-7-14(15)13-19-17(20)18(10-4-5-11-18)16-9-6-12-22-16/h2-3,6-9,12H,4-5,10-11,13H2,1H3,(H,19,20). The van der Waals surface area contributed by atoms with Gasteiger partial charge in [-0.05, 0) is 30.4 Å². The molecule has 3 rings (SSSR count). The number of hydrogen-bond donors (Lipinski definition) is 1. The van der Waals surface area contributed by atoms with Crippen molar-refractivity contribution in [3.8, 4) is 5.75 Å². The topological polar surface area (TPSA) is 38.3 Å². The predicted molar refractivity (Wildman–Crippen MR) is 89.3 cm³/mol. The fourth-order valence-corrected chi connectivity index (χ4v) is 4.29. The monoisotopic (exact) mass is 315 g/mol. The second-order valence-electron chi connectivity index (χ2n) is 5.76. The van der Waals surface area contributed by atoms with E-state index < -0.39 is 0 Å². The molecule has 3 nitrogen and oxygen atoms in total. The summed E-state index contributed by atoms with van der Waals surface area (Å²) in [4.78, 5) is 14.1. The molecule has 1 heterocycles. The van der Waals surface area contributed by atoms with E-state index in [2.05, 4.69) is 16.8 Å². The summed E-state index contributed by atoms with van der Waals surface area (Å²) in [6.45, 7) is 0.510. The van der Waals surface area contributed by atoms with Crippen LogP contribution < -0.4 is 10.1 Å². The number of carbonyl (C=O) groups excluding carboxylic acids is 1. The van der Waals surface area contributed by atoms with E-state index in [1.807, 2.05) is 30.3 Å². The van der Waals surface area contributed by atoms with Gasteiger partial charge in [0, 0.05) is 17.0 Å². The highest BCUT2D eigenvalue weighted by Crippen LogP contribution is 2.43. The molecule has 2 aromatic rings. The van der Waals surface area contributed by atoms with Gasteiger partial charge in [0.2, 0.25) is 5.91 Å². The van der Waals surface area contributed by atoms with Crippen molar-refractivity contribution in [3.05, 3.63) is 52.2 Å². The fourth-order valence-electron chi connectivity index (χ4n) is 3.31. The number of methoxy groups -OCH3 is 1. The van der Waals surface area contributed by atoms with Crippen LogP contribution in [-0.4, -0.2) is 13.0 Å². The van der Waals surface area contributed by atoms with Gasteiger partial charge in [-0.3, -0.25) is 4.79 Å². The molecule has 116 valence electrons. The SMILES string of the molecule is COc1ccccc1CNC(=O)C1(c2cccs2)CCCC1. The normalized spacial score (nSPS) is 16.4. The van der Waals surface area contributed by atoms with Crippen molar-refractivity contribution in [2.75, 3.05) is 7.11 Å². The molecule has 1 fully saturated rings. The van der Waals surface area contributed by atoms with E-state index >= 15 is 0 Å². The number of hydrogen-bond acceptors (Lipinski definition) is 3. The Kier molecular flexibility index (Phi) is 4.48. The number of benzene rings is 1. The third kappa shape index (κ3) is 2.75. The third-order valence-electron chi connectivity index (χ3n) is 4.52. The van der Waals surface area contributed by atoms with Gasteiger partial charge < -0.3 is 10.1 Å². The van der Waals surface area contributed by atoms with Crippen molar-refractivity contribution in [3.63, 3.8) is 0 Å². The van der Waals surface area contributed by atoms with Gasteiger partial charge in [-0.1, -0.05) is 37.1 Å². The van der Waals surface area contributed by atoms with Crippen molar-refractivity contribution < 1.29 is 9.53 Å². The van der Waals surface area contributed by atoms with Crippen LogP contribution in [0.2, 0.25) is 0 Å². The lowest BCUT2D eigenvalue weighted by Gasteiger charge is -2.26. The number of rotatable bonds is 5. The lowest BCUT2D eigenvalue weighted by molar-refractivity contribution is -0.126. The van der Waals surface area contributed by atoms with E-state index in [0.29, 0.717) is 6.54 Å². The first-order valence-corrected chi connectivity index (χ1v) is 8.58. The minimum absolute atomic E-state index is 0.151. The zero-order valence-electron chi connectivity index (χ0n) is 12.8. The lowest BCUT2D eigenvalue weighted by atomic mass is 9.83. The predicted octanol–water partition coefficient (Wildman–Crippen LogP) is 3.88. The van der Waals surface area contributed by atoms with Crippen LogP contribution >= 0.6 is 11.3 Å². The summed E-state index contributed by atoms with van der Waals surface area (Å²) >= 11 is 1.69. The molecule has 1 saturated carbocycles. The van der Waals surface area contributed by atoms with Gasteiger partial charge in [0.15, 0.2) is 0 Å². The molecule has 0 aliphatic heterocycles. The van der Waals surface area contributed by atoms with Gasteiger partial charge in [0.25, 0.3) is 0 Å². The Morgan fingerprint density at radius 1 is 1.23 bits per heavy atom. The number of nitrogens with one attached hydrogen (secondary N) is 1. The molecule has 0 spiro atoms. The fraction of sp³-hybridized carbons (Fsp3) is 0.389. The summed E-state index contributed by atoms with van der Waals surface area (Å²) in [5.74, 6) is 0.970. The zero-order valence-corrected chi connectivity index (χ0v) is 13.6. The van der Waals surface area contributed by atoms with Gasteiger partial charge >= 0.3 is 0 Å². The minimum Gasteiger partial charge on any atom is -0.496 e. The van der Waals surface area contributed by atoms with Crippen LogP contribution in [-0.2, 0) is 16.8 Å². The van der Waals surface area contributed by atoms with Crippen LogP contribution in [0, 0.1) is 0 Å². The van der Waals surface area contributed by atoms with Crippen molar-refractivity contribution in [1.29, 1.82) is 0 Å². The Morgan fingerprint density at radius 3 is 2.68 bits per heavy atom. The largest absolute Gasteiger partial charge is 0.496 e. The van der Waals surface area contributed by atoms with Gasteiger partial charge in [-0.25, -0.2) is 0 Å². The molecule has 1 aliphatic carbocycles. The summed E-state index contributed by atoms with van der Waals surface area (Å²) in [7, 11) is 1.66. The molecule has 0 atom stereocenters. The summed E-state index contributed by atoms with van der Waals surface area (Å²) in [6, 6.07) is 12.0. The van der Waals surface area contributed by atoms with Crippen LogP contribution in [0.5, 0.6) is 5.75 Å². The van der Waals surface area contributed by atoms with Crippen LogP contribution in [0.15, 0.2) is 41.8 Å². The second-order valence-corrected chi connectivity index (χ2v) is 6.71. The maximum atomic E-state index is 12.9. The molecule has 22 heavy (non-hydrogen) atoms. The first kappa shape index (κ1) is 15.1. The number of thiophene rings is 1. The molecule has 0 saturated heterocycles. The quantitative estimate of drug-likeness (QED) is 0.909. The Morgan fingerprint density at radius 2 is 2.00 bits per heavy atom. The van der Waals surface area contributed by atoms with E-state index in [9.17, 15) is 4.79 Å². The highest BCUT2D eigenvalue weighted by Gasteiger charge is 2.43. The van der Waals surface area contributed by atoms with E-state index in [4.69, 9.17) is 4.74 Å². The maximum absolute atomic E-state index is 12.9. The molecule has 4 heteroatoms. The van der Waals surface area contributed by atoms with Crippen LogP contribution in [0.25, 0.3) is 0 Å². The molecule has 0 bridgehead atoms. The molecule has 1 aliphatic rings. The zero-order chi connectivity index (χ0) is 15.4. The van der Waals surface area contributed by atoms with Crippen molar-refractivity contribution in [2.24, 2.45) is 0 Å². The van der Waals surface area contributed by atoms with E-state index in [1.54, 1.807) is 18.4 Å². The van der Waals surface area contributed by atoms with Crippen LogP contribution in [0.1, 0.15) is 36.1 Å². The highest BCUT2D eigenvalue weighted by molar-refractivity contribution is 7.10. The molecule has 1 N–H and O–H groups in total. The minimum atomic E-state index is -0.323. The lowest BCUT2D eigenvalue weighted by Crippen LogP contribution is -2.41. The molecule has 1 amide bonds. The van der Waals surface area contributed by atoms with Gasteiger partial charge in [-0.2, -0.15) is 0 Å². The van der Waals surface area contributed by atoms with Crippen molar-refractivity contribution in [1.82, 2.24) is 5.32 Å². The molecule has 0 unspecified atom stereocenters. The molecular weight excluding hydrogens is 294 g/mol. The maximum Gasteiger partial charge on any atom is 0.231 e. The summed E-state index contributed by atoms with van der Waals surface area (Å²) in [5, 5.41) is 5.19. The average Bonchev–Trinajstić information content (AvgIpc) is 3.24. The van der Waals surface area contributed by atoms with E-state index in [1.165, 1.54) is 4.88 Å². The van der Waals surface area contributed by atoms with Crippen molar-refractivity contribution >= 4 is 17.2 Å². The second kappa shape index (κ2) is 6.53. The molecule has 1 aromatic heterocycles. The summed E-state index contributed by atoms with van der Waals surface area (Å²) < 4.78 is 5.35. The average molecular weight is 315 g/mol. The summed E-state index contributed by atoms with van der Waals surface area (Å²) in [5.41, 5.74) is 0.689. The number of carbonyl (C=O) groups is 1. The Hall–Kier alpha value is -1.81. The van der Waals surface area contributed by atoms with Crippen LogP contribution in [0.4, 0.5) is 0 Å². The first-order chi connectivity index (χ1) is 10.8. The van der Waals surface area contributed by atoms with Gasteiger partial charge in [0.05, 0.1) is 12.5 Å². The molecule has 1 aromatic carbocycles. The van der Waals surface area contributed by atoms with Crippen molar-refractivity contribution in [2.45, 2.75) is 37.6 Å². The number of amides is 1. The molecule has 0 radical (unpaired) electrons. The van der Waals surface area contributed by atoms with Gasteiger partial charge in [0.1, 0.15) is 5.75 Å². The Balaban J connectivity index is 1.75. The molecular formula is C18H21NO2S. The summed E-state index contributed by atoms with van der Waals surface area (Å²) in [6.07, 6.45) is 4.15. The third-order valence-corrected chi connectivity index (χ3v) is 5.59.